The topological polar surface area (TPSA) is 59.8 Å². The van der Waals surface area contributed by atoms with Crippen LogP contribution in [0.4, 0.5) is 5.82 Å². The van der Waals surface area contributed by atoms with Crippen LogP contribution in [0.2, 0.25) is 0 Å². The molecule has 21 heavy (non-hydrogen) atoms. The van der Waals surface area contributed by atoms with Crippen LogP contribution in [0.15, 0.2) is 53.6 Å². The van der Waals surface area contributed by atoms with E-state index >= 15 is 0 Å². The van der Waals surface area contributed by atoms with Crippen LogP contribution in [0.3, 0.4) is 0 Å². The zero-order valence-electron chi connectivity index (χ0n) is 11.8. The summed E-state index contributed by atoms with van der Waals surface area (Å²) >= 11 is 0. The van der Waals surface area contributed by atoms with Crippen molar-refractivity contribution in [1.29, 1.82) is 0 Å². The van der Waals surface area contributed by atoms with E-state index in [1.54, 1.807) is 17.0 Å². The molecule has 0 spiro atoms. The van der Waals surface area contributed by atoms with Gasteiger partial charge in [0.15, 0.2) is 0 Å². The molecule has 3 rings (SSSR count). The van der Waals surface area contributed by atoms with E-state index in [0.717, 1.165) is 18.1 Å². The highest BCUT2D eigenvalue weighted by molar-refractivity contribution is 5.76. The monoisotopic (exact) mass is 280 g/mol. The van der Waals surface area contributed by atoms with Crippen LogP contribution in [0.1, 0.15) is 12.6 Å². The zero-order chi connectivity index (χ0) is 14.7. The van der Waals surface area contributed by atoms with Gasteiger partial charge in [0.2, 0.25) is 0 Å². The van der Waals surface area contributed by atoms with Gasteiger partial charge in [0.05, 0.1) is 29.5 Å². The van der Waals surface area contributed by atoms with Crippen molar-refractivity contribution in [2.24, 2.45) is 0 Å². The molecule has 0 aliphatic carbocycles. The third-order valence-corrected chi connectivity index (χ3v) is 3.23. The number of para-hydroxylation sites is 1. The zero-order valence-corrected chi connectivity index (χ0v) is 11.8. The van der Waals surface area contributed by atoms with Crippen molar-refractivity contribution in [3.8, 4) is 0 Å². The molecule has 0 saturated heterocycles. The molecule has 5 nitrogen and oxygen atoms in total. The summed E-state index contributed by atoms with van der Waals surface area (Å²) in [5.74, 6) is 0.816. The van der Waals surface area contributed by atoms with Crippen LogP contribution in [-0.4, -0.2) is 21.1 Å². The molecule has 0 atom stereocenters. The molecule has 1 N–H and O–H groups in total. The number of rotatable bonds is 4. The molecule has 0 unspecified atom stereocenters. The van der Waals surface area contributed by atoms with E-state index in [9.17, 15) is 4.79 Å². The van der Waals surface area contributed by atoms with E-state index < -0.39 is 0 Å². The van der Waals surface area contributed by atoms with E-state index in [2.05, 4.69) is 15.3 Å². The normalized spacial score (nSPS) is 10.7. The maximum Gasteiger partial charge on any atom is 0.261 e. The van der Waals surface area contributed by atoms with Crippen LogP contribution in [0, 0.1) is 0 Å². The van der Waals surface area contributed by atoms with Gasteiger partial charge in [-0.2, -0.15) is 0 Å². The molecule has 2 heterocycles. The minimum Gasteiger partial charge on any atom is -0.370 e. The van der Waals surface area contributed by atoms with Crippen LogP contribution < -0.4 is 10.9 Å². The van der Waals surface area contributed by atoms with Gasteiger partial charge in [-0.05, 0) is 31.2 Å². The predicted molar refractivity (Wildman–Crippen MR) is 83.5 cm³/mol. The molecule has 0 saturated carbocycles. The lowest BCUT2D eigenvalue weighted by atomic mass is 10.2. The second-order valence-electron chi connectivity index (χ2n) is 4.74. The summed E-state index contributed by atoms with van der Waals surface area (Å²) in [5, 5.41) is 3.79. The van der Waals surface area contributed by atoms with Crippen molar-refractivity contribution in [1.82, 2.24) is 14.5 Å². The van der Waals surface area contributed by atoms with Gasteiger partial charge >= 0.3 is 0 Å². The number of hydrogen-bond donors (Lipinski definition) is 1. The van der Waals surface area contributed by atoms with Crippen molar-refractivity contribution in [3.05, 3.63) is 64.8 Å². The Hall–Kier alpha value is -2.69. The molecule has 2 aromatic heterocycles. The van der Waals surface area contributed by atoms with Crippen molar-refractivity contribution in [3.63, 3.8) is 0 Å². The average molecular weight is 280 g/mol. The smallest absolute Gasteiger partial charge is 0.261 e. The van der Waals surface area contributed by atoms with E-state index in [-0.39, 0.29) is 5.56 Å². The lowest BCUT2D eigenvalue weighted by molar-refractivity contribution is 0.730. The minimum absolute atomic E-state index is 0.0451. The largest absolute Gasteiger partial charge is 0.370 e. The summed E-state index contributed by atoms with van der Waals surface area (Å²) < 4.78 is 1.58. The fraction of sp³-hybridized carbons (Fsp3) is 0.188. The Balaban J connectivity index is 1.96. The second-order valence-corrected chi connectivity index (χ2v) is 4.74. The first-order valence-electron chi connectivity index (χ1n) is 6.92. The maximum atomic E-state index is 12.4. The molecule has 1 aromatic carbocycles. The third kappa shape index (κ3) is 2.76. The maximum absolute atomic E-state index is 12.4. The Labute approximate surface area is 122 Å². The van der Waals surface area contributed by atoms with Gasteiger partial charge in [-0.15, -0.1) is 0 Å². The lowest BCUT2D eigenvalue weighted by Crippen LogP contribution is -2.21. The molecule has 5 heteroatoms. The van der Waals surface area contributed by atoms with Crippen LogP contribution in [0.25, 0.3) is 10.9 Å². The first-order chi connectivity index (χ1) is 10.3. The van der Waals surface area contributed by atoms with Crippen molar-refractivity contribution >= 4 is 16.7 Å². The summed E-state index contributed by atoms with van der Waals surface area (Å²) in [6.07, 6.45) is 1.58. The molecule has 106 valence electrons. The summed E-state index contributed by atoms with van der Waals surface area (Å²) in [6.45, 7) is 3.25. The number of pyridine rings is 1. The Kier molecular flexibility index (Phi) is 3.64. The minimum atomic E-state index is -0.0451. The van der Waals surface area contributed by atoms with Gasteiger partial charge in [0.25, 0.3) is 5.56 Å². The number of anilines is 1. The van der Waals surface area contributed by atoms with Crippen LogP contribution >= 0.6 is 0 Å². The molecule has 0 amide bonds. The predicted octanol–water partition coefficient (Wildman–Crippen LogP) is 2.27. The fourth-order valence-corrected chi connectivity index (χ4v) is 2.24. The molecule has 0 bridgehead atoms. The molecule has 0 aliphatic rings. The van der Waals surface area contributed by atoms with Gasteiger partial charge < -0.3 is 5.32 Å². The molecule has 3 aromatic rings. The summed E-state index contributed by atoms with van der Waals surface area (Å²) in [7, 11) is 0. The number of aromatic nitrogens is 3. The van der Waals surface area contributed by atoms with Gasteiger partial charge in [-0.1, -0.05) is 18.2 Å². The first-order valence-corrected chi connectivity index (χ1v) is 6.92. The number of nitrogens with one attached hydrogen (secondary N) is 1. The SMILES string of the molecule is CCNc1cccc(Cn2cnc3ccccc3c2=O)n1. The quantitative estimate of drug-likeness (QED) is 0.796. The molecule has 0 radical (unpaired) electrons. The second kappa shape index (κ2) is 5.75. The Bertz CT molecular complexity index is 826. The molecule has 0 aliphatic heterocycles. The van der Waals surface area contributed by atoms with Crippen molar-refractivity contribution in [2.45, 2.75) is 13.5 Å². The van der Waals surface area contributed by atoms with E-state index in [0.29, 0.717) is 17.4 Å². The van der Waals surface area contributed by atoms with Crippen molar-refractivity contribution < 1.29 is 0 Å². The highest BCUT2D eigenvalue weighted by atomic mass is 16.1. The number of hydrogen-bond acceptors (Lipinski definition) is 4. The summed E-state index contributed by atoms with van der Waals surface area (Å²) in [4.78, 5) is 21.2. The lowest BCUT2D eigenvalue weighted by Gasteiger charge is -2.08. The first kappa shape index (κ1) is 13.3. The van der Waals surface area contributed by atoms with Crippen LogP contribution in [-0.2, 0) is 6.54 Å². The molecule has 0 fully saturated rings. The van der Waals surface area contributed by atoms with E-state index in [1.807, 2.05) is 43.3 Å². The standard InChI is InChI=1S/C16H16N4O/c1-2-17-15-9-5-6-12(19-15)10-20-11-18-14-8-4-3-7-13(14)16(20)21/h3-9,11H,2,10H2,1H3,(H,17,19). The van der Waals surface area contributed by atoms with E-state index in [4.69, 9.17) is 0 Å². The van der Waals surface area contributed by atoms with Crippen LogP contribution in [0.5, 0.6) is 0 Å². The number of nitrogens with zero attached hydrogens (tertiary/aromatic N) is 3. The van der Waals surface area contributed by atoms with Gasteiger partial charge in [0.1, 0.15) is 5.82 Å². The van der Waals surface area contributed by atoms with Crippen molar-refractivity contribution in [2.75, 3.05) is 11.9 Å². The highest BCUT2D eigenvalue weighted by Gasteiger charge is 2.05. The van der Waals surface area contributed by atoms with E-state index in [1.165, 1.54) is 0 Å². The molecular formula is C16H16N4O. The van der Waals surface area contributed by atoms with Gasteiger partial charge in [-0.25, -0.2) is 9.97 Å². The summed E-state index contributed by atoms with van der Waals surface area (Å²) in [5.41, 5.74) is 1.50. The number of fused-ring (bicyclic) bond motifs is 1. The number of benzene rings is 1. The van der Waals surface area contributed by atoms with Gasteiger partial charge in [-0.3, -0.25) is 9.36 Å². The Morgan fingerprint density at radius 2 is 2.00 bits per heavy atom. The average Bonchev–Trinajstić information content (AvgIpc) is 2.51. The highest BCUT2D eigenvalue weighted by Crippen LogP contribution is 2.08. The Morgan fingerprint density at radius 3 is 2.86 bits per heavy atom. The summed E-state index contributed by atoms with van der Waals surface area (Å²) in [6, 6.07) is 13.1. The molecular weight excluding hydrogens is 264 g/mol. The third-order valence-electron chi connectivity index (χ3n) is 3.23. The van der Waals surface area contributed by atoms with Gasteiger partial charge in [0, 0.05) is 6.54 Å². The Morgan fingerprint density at radius 1 is 1.14 bits per heavy atom. The fourth-order valence-electron chi connectivity index (χ4n) is 2.24.